The van der Waals surface area contributed by atoms with Gasteiger partial charge >= 0.3 is 11.9 Å². The second-order valence-corrected chi connectivity index (χ2v) is 7.38. The van der Waals surface area contributed by atoms with Crippen LogP contribution in [0.25, 0.3) is 0 Å². The molecule has 0 fully saturated rings. The first-order valence-corrected chi connectivity index (χ1v) is 9.54. The van der Waals surface area contributed by atoms with Gasteiger partial charge in [0.05, 0.1) is 21.8 Å². The van der Waals surface area contributed by atoms with Crippen molar-refractivity contribution in [3.63, 3.8) is 0 Å². The normalized spacial score (nSPS) is 15.0. The van der Waals surface area contributed by atoms with E-state index in [1.54, 1.807) is 12.1 Å². The maximum absolute atomic E-state index is 12.8. The SMILES string of the molecule is COC(=O)[C@H]([C@@H](O)c1ccc(OC(C)=O)c(I)c1)N1C(=O)c2ccccc2C1=O. The number of benzene rings is 2. The molecule has 150 valence electrons. The van der Waals surface area contributed by atoms with Gasteiger partial charge in [0.15, 0.2) is 6.04 Å². The number of rotatable bonds is 5. The molecule has 0 radical (unpaired) electrons. The molecule has 0 unspecified atom stereocenters. The first kappa shape index (κ1) is 20.9. The second kappa shape index (κ2) is 8.29. The summed E-state index contributed by atoms with van der Waals surface area (Å²) in [7, 11) is 1.10. The molecule has 2 aromatic carbocycles. The standard InChI is InChI=1S/C20H16INO7/c1-10(23)29-15-8-7-11(9-14(15)21)17(24)16(20(27)28-2)22-18(25)12-5-3-4-6-13(12)19(22)26/h3-9,16-17,24H,1-2H3/t16-,17-/m0/s1. The molecule has 0 aliphatic carbocycles. The number of fused-ring (bicyclic) bond motifs is 1. The Hall–Kier alpha value is -2.79. The van der Waals surface area contributed by atoms with Crippen molar-refractivity contribution in [1.82, 2.24) is 4.90 Å². The molecule has 1 aliphatic rings. The fraction of sp³-hybridized carbons (Fsp3) is 0.200. The van der Waals surface area contributed by atoms with E-state index in [9.17, 15) is 24.3 Å². The maximum atomic E-state index is 12.8. The van der Waals surface area contributed by atoms with Crippen LogP contribution in [-0.4, -0.2) is 46.9 Å². The van der Waals surface area contributed by atoms with Crippen LogP contribution in [-0.2, 0) is 14.3 Å². The van der Waals surface area contributed by atoms with Crippen molar-refractivity contribution in [2.75, 3.05) is 7.11 Å². The average Bonchev–Trinajstić information content (AvgIpc) is 2.94. The van der Waals surface area contributed by atoms with Crippen molar-refractivity contribution in [3.05, 3.63) is 62.7 Å². The Morgan fingerprint density at radius 1 is 1.07 bits per heavy atom. The highest BCUT2D eigenvalue weighted by atomic mass is 127. The number of ether oxygens (including phenoxy) is 2. The lowest BCUT2D eigenvalue weighted by molar-refractivity contribution is -0.149. The Labute approximate surface area is 179 Å². The van der Waals surface area contributed by atoms with Crippen LogP contribution in [0.4, 0.5) is 0 Å². The second-order valence-electron chi connectivity index (χ2n) is 6.22. The third kappa shape index (κ3) is 3.87. The highest BCUT2D eigenvalue weighted by Gasteiger charge is 2.46. The number of methoxy groups -OCH3 is 1. The van der Waals surface area contributed by atoms with Crippen LogP contribution < -0.4 is 4.74 Å². The number of aliphatic hydroxyl groups is 1. The van der Waals surface area contributed by atoms with Gasteiger partial charge in [0.1, 0.15) is 11.9 Å². The van der Waals surface area contributed by atoms with Crippen molar-refractivity contribution in [3.8, 4) is 5.75 Å². The van der Waals surface area contributed by atoms with Crippen LogP contribution >= 0.6 is 22.6 Å². The Balaban J connectivity index is 1.99. The molecule has 0 aromatic heterocycles. The lowest BCUT2D eigenvalue weighted by Crippen LogP contribution is -2.49. The van der Waals surface area contributed by atoms with Crippen LogP contribution in [0.5, 0.6) is 5.75 Å². The first-order valence-electron chi connectivity index (χ1n) is 8.47. The van der Waals surface area contributed by atoms with Gasteiger partial charge in [0.2, 0.25) is 0 Å². The van der Waals surface area contributed by atoms with Crippen LogP contribution in [0.1, 0.15) is 39.3 Å². The molecule has 1 aliphatic heterocycles. The Kier molecular flexibility index (Phi) is 5.99. The molecule has 2 aromatic rings. The van der Waals surface area contributed by atoms with E-state index in [-0.39, 0.29) is 22.4 Å². The minimum Gasteiger partial charge on any atom is -0.467 e. The van der Waals surface area contributed by atoms with Gasteiger partial charge in [-0.15, -0.1) is 0 Å². The van der Waals surface area contributed by atoms with E-state index in [0.29, 0.717) is 8.47 Å². The van der Waals surface area contributed by atoms with E-state index < -0.39 is 35.9 Å². The molecule has 8 nitrogen and oxygen atoms in total. The molecule has 0 saturated heterocycles. The van der Waals surface area contributed by atoms with E-state index >= 15 is 0 Å². The molecule has 0 bridgehead atoms. The number of hydrogen-bond donors (Lipinski definition) is 1. The van der Waals surface area contributed by atoms with Gasteiger partial charge in [-0.1, -0.05) is 18.2 Å². The van der Waals surface area contributed by atoms with Crippen molar-refractivity contribution in [2.45, 2.75) is 19.1 Å². The van der Waals surface area contributed by atoms with Gasteiger partial charge in [-0.25, -0.2) is 4.79 Å². The largest absolute Gasteiger partial charge is 0.467 e. The zero-order chi connectivity index (χ0) is 21.3. The third-order valence-electron chi connectivity index (χ3n) is 4.40. The summed E-state index contributed by atoms with van der Waals surface area (Å²) >= 11 is 1.91. The van der Waals surface area contributed by atoms with E-state index in [1.807, 2.05) is 22.6 Å². The molecule has 2 amide bonds. The van der Waals surface area contributed by atoms with Crippen molar-refractivity contribution < 1.29 is 33.8 Å². The number of hydrogen-bond acceptors (Lipinski definition) is 7. The highest BCUT2D eigenvalue weighted by Crippen LogP contribution is 2.32. The predicted octanol–water partition coefficient (Wildman–Crippen LogP) is 2.09. The van der Waals surface area contributed by atoms with E-state index in [0.717, 1.165) is 7.11 Å². The summed E-state index contributed by atoms with van der Waals surface area (Å²) in [6, 6.07) is 8.98. The quantitative estimate of drug-likeness (QED) is 0.285. The lowest BCUT2D eigenvalue weighted by Gasteiger charge is -2.28. The summed E-state index contributed by atoms with van der Waals surface area (Å²) in [6.45, 7) is 1.26. The summed E-state index contributed by atoms with van der Waals surface area (Å²) in [5, 5.41) is 10.9. The van der Waals surface area contributed by atoms with Gasteiger partial charge in [0.25, 0.3) is 11.8 Å². The fourth-order valence-electron chi connectivity index (χ4n) is 3.08. The number of carbonyl (C=O) groups is 4. The van der Waals surface area contributed by atoms with Crippen LogP contribution in [0.3, 0.4) is 0 Å². The van der Waals surface area contributed by atoms with Gasteiger partial charge in [0, 0.05) is 6.92 Å². The van der Waals surface area contributed by atoms with E-state index in [4.69, 9.17) is 9.47 Å². The molecular formula is C20H16INO7. The number of carbonyl (C=O) groups excluding carboxylic acids is 4. The van der Waals surface area contributed by atoms with Crippen molar-refractivity contribution in [1.29, 1.82) is 0 Å². The number of nitrogens with zero attached hydrogens (tertiary/aromatic N) is 1. The zero-order valence-corrected chi connectivity index (χ0v) is 17.6. The summed E-state index contributed by atoms with van der Waals surface area (Å²) in [5.41, 5.74) is 0.550. The molecule has 3 rings (SSSR count). The lowest BCUT2D eigenvalue weighted by atomic mass is 10.0. The van der Waals surface area contributed by atoms with E-state index in [1.165, 1.54) is 37.3 Å². The minimum atomic E-state index is -1.58. The maximum Gasteiger partial charge on any atom is 0.332 e. The van der Waals surface area contributed by atoms with Gasteiger partial charge in [-0.05, 0) is 52.4 Å². The molecule has 0 saturated carbocycles. The fourth-order valence-corrected chi connectivity index (χ4v) is 3.73. The van der Waals surface area contributed by atoms with E-state index in [2.05, 4.69) is 0 Å². The predicted molar refractivity (Wildman–Crippen MR) is 108 cm³/mol. The van der Waals surface area contributed by atoms with Gasteiger partial charge in [-0.3, -0.25) is 19.3 Å². The van der Waals surface area contributed by atoms with Gasteiger partial charge in [-0.2, -0.15) is 0 Å². The van der Waals surface area contributed by atoms with Crippen LogP contribution in [0.2, 0.25) is 0 Å². The minimum absolute atomic E-state index is 0.151. The Morgan fingerprint density at radius 3 is 2.14 bits per heavy atom. The third-order valence-corrected chi connectivity index (χ3v) is 5.24. The number of imide groups is 1. The number of halogens is 1. The molecule has 1 heterocycles. The summed E-state index contributed by atoms with van der Waals surface area (Å²) in [5.74, 6) is -2.54. The summed E-state index contributed by atoms with van der Waals surface area (Å²) in [4.78, 5) is 49.9. The number of aliphatic hydroxyl groups excluding tert-OH is 1. The van der Waals surface area contributed by atoms with Crippen LogP contribution in [0.15, 0.2) is 42.5 Å². The molecule has 0 spiro atoms. The topological polar surface area (TPSA) is 110 Å². The zero-order valence-electron chi connectivity index (χ0n) is 15.4. The Morgan fingerprint density at radius 2 is 1.66 bits per heavy atom. The number of esters is 2. The molecular weight excluding hydrogens is 493 g/mol. The van der Waals surface area contributed by atoms with Gasteiger partial charge < -0.3 is 14.6 Å². The summed E-state index contributed by atoms with van der Waals surface area (Å²) < 4.78 is 10.3. The average molecular weight is 509 g/mol. The van der Waals surface area contributed by atoms with Crippen molar-refractivity contribution >= 4 is 46.3 Å². The monoisotopic (exact) mass is 509 g/mol. The Bertz CT molecular complexity index is 985. The smallest absolute Gasteiger partial charge is 0.332 e. The number of amides is 2. The summed E-state index contributed by atoms with van der Waals surface area (Å²) in [6.07, 6.45) is -1.55. The van der Waals surface area contributed by atoms with Crippen LogP contribution in [0, 0.1) is 3.57 Å². The molecule has 1 N–H and O–H groups in total. The molecule has 2 atom stereocenters. The van der Waals surface area contributed by atoms with Crippen molar-refractivity contribution in [2.24, 2.45) is 0 Å². The molecule has 9 heteroatoms. The first-order chi connectivity index (χ1) is 13.8. The molecule has 29 heavy (non-hydrogen) atoms. The highest BCUT2D eigenvalue weighted by molar-refractivity contribution is 14.1.